The fourth-order valence-corrected chi connectivity index (χ4v) is 4.75. The van der Waals surface area contributed by atoms with Gasteiger partial charge in [0.25, 0.3) is 0 Å². The zero-order valence-electron chi connectivity index (χ0n) is 14.7. The van der Waals surface area contributed by atoms with Crippen LogP contribution in [-0.4, -0.2) is 58.0 Å². The summed E-state index contributed by atoms with van der Waals surface area (Å²) in [5.41, 5.74) is 0.225. The number of hydrogen-bond donors (Lipinski definition) is 0. The molecule has 0 atom stereocenters. The summed E-state index contributed by atoms with van der Waals surface area (Å²) in [5, 5.41) is 4.24. The summed E-state index contributed by atoms with van der Waals surface area (Å²) in [5.74, 6) is -2.22. The Morgan fingerprint density at radius 2 is 1.64 bits per heavy atom. The van der Waals surface area contributed by atoms with Crippen molar-refractivity contribution < 1.29 is 17.2 Å². The zero-order valence-corrected chi connectivity index (χ0v) is 15.5. The number of halogens is 2. The molecule has 28 heavy (non-hydrogen) atoms. The third kappa shape index (κ3) is 3.21. The second-order valence-corrected chi connectivity index (χ2v) is 8.30. The first-order valence-corrected chi connectivity index (χ1v) is 10.0. The lowest BCUT2D eigenvalue weighted by Gasteiger charge is -2.33. The molecule has 0 N–H and O–H groups in total. The molecule has 1 aromatic carbocycles. The first-order chi connectivity index (χ1) is 13.4. The van der Waals surface area contributed by atoms with Crippen molar-refractivity contribution in [3.8, 4) is 0 Å². The topological polar surface area (TPSA) is 79.9 Å². The van der Waals surface area contributed by atoms with Crippen molar-refractivity contribution in [2.45, 2.75) is 11.6 Å². The highest BCUT2D eigenvalue weighted by Gasteiger charge is 2.33. The number of sulfonamides is 1. The van der Waals surface area contributed by atoms with E-state index in [1.54, 1.807) is 24.4 Å². The SMILES string of the molecule is O=c1n(CN2CCN(S(=O)(=O)c3c(F)cccc3F)CC2)nc2ccccn12. The van der Waals surface area contributed by atoms with E-state index in [4.69, 9.17) is 0 Å². The molecular weight excluding hydrogens is 392 g/mol. The Balaban J connectivity index is 1.48. The van der Waals surface area contributed by atoms with Gasteiger partial charge in [-0.2, -0.15) is 8.99 Å². The molecule has 1 saturated heterocycles. The molecule has 0 saturated carbocycles. The number of rotatable bonds is 4. The first kappa shape index (κ1) is 18.7. The lowest BCUT2D eigenvalue weighted by atomic mass is 10.3. The van der Waals surface area contributed by atoms with Crippen LogP contribution in [0.4, 0.5) is 8.78 Å². The fourth-order valence-electron chi connectivity index (χ4n) is 3.22. The number of benzene rings is 1. The minimum atomic E-state index is -4.28. The van der Waals surface area contributed by atoms with Gasteiger partial charge in [-0.1, -0.05) is 12.1 Å². The maximum atomic E-state index is 13.9. The largest absolute Gasteiger partial charge is 0.351 e. The monoisotopic (exact) mass is 409 g/mol. The molecule has 0 amide bonds. The van der Waals surface area contributed by atoms with Crippen LogP contribution in [0.3, 0.4) is 0 Å². The van der Waals surface area contributed by atoms with Crippen LogP contribution in [0.25, 0.3) is 5.65 Å². The van der Waals surface area contributed by atoms with Crippen LogP contribution in [0.1, 0.15) is 0 Å². The number of aromatic nitrogens is 3. The third-order valence-electron chi connectivity index (χ3n) is 4.67. The molecule has 0 spiro atoms. The van der Waals surface area contributed by atoms with E-state index < -0.39 is 26.6 Å². The Bertz CT molecular complexity index is 1160. The van der Waals surface area contributed by atoms with Crippen LogP contribution in [0.2, 0.25) is 0 Å². The van der Waals surface area contributed by atoms with Crippen molar-refractivity contribution in [1.82, 2.24) is 23.4 Å². The van der Waals surface area contributed by atoms with Crippen molar-refractivity contribution in [2.75, 3.05) is 26.2 Å². The number of nitrogens with zero attached hydrogens (tertiary/aromatic N) is 5. The number of pyridine rings is 1. The lowest BCUT2D eigenvalue weighted by Crippen LogP contribution is -2.49. The Labute approximate surface area is 159 Å². The fraction of sp³-hybridized carbons (Fsp3) is 0.294. The van der Waals surface area contributed by atoms with Gasteiger partial charge in [0.2, 0.25) is 10.0 Å². The Morgan fingerprint density at radius 1 is 0.964 bits per heavy atom. The molecule has 1 fully saturated rings. The van der Waals surface area contributed by atoms with Crippen molar-refractivity contribution in [2.24, 2.45) is 0 Å². The molecule has 0 unspecified atom stereocenters. The van der Waals surface area contributed by atoms with Gasteiger partial charge in [0.15, 0.2) is 10.5 Å². The molecule has 3 aromatic rings. The zero-order chi connectivity index (χ0) is 19.9. The van der Waals surface area contributed by atoms with E-state index in [2.05, 4.69) is 5.10 Å². The standard InChI is InChI=1S/C17H17F2N5O3S/c18-13-4-3-5-14(19)16(13)28(26,27)22-10-8-21(9-11-22)12-24-17(25)23-7-2-1-6-15(23)20-24/h1-7H,8-12H2. The Morgan fingerprint density at radius 3 is 2.29 bits per heavy atom. The minimum absolute atomic E-state index is 0.0538. The molecule has 8 nitrogen and oxygen atoms in total. The van der Waals surface area contributed by atoms with Crippen LogP contribution in [-0.2, 0) is 16.7 Å². The van der Waals surface area contributed by atoms with Crippen LogP contribution >= 0.6 is 0 Å². The summed E-state index contributed by atoms with van der Waals surface area (Å²) in [6.07, 6.45) is 1.62. The van der Waals surface area contributed by atoms with E-state index in [1.807, 2.05) is 4.90 Å². The van der Waals surface area contributed by atoms with E-state index in [-0.39, 0.29) is 25.4 Å². The molecule has 11 heteroatoms. The summed E-state index contributed by atoms with van der Waals surface area (Å²) in [7, 11) is -4.28. The van der Waals surface area contributed by atoms with E-state index in [9.17, 15) is 22.0 Å². The van der Waals surface area contributed by atoms with E-state index >= 15 is 0 Å². The van der Waals surface area contributed by atoms with Gasteiger partial charge in [-0.3, -0.25) is 9.30 Å². The van der Waals surface area contributed by atoms with Gasteiger partial charge >= 0.3 is 5.69 Å². The number of hydrogen-bond acceptors (Lipinski definition) is 5. The van der Waals surface area contributed by atoms with Gasteiger partial charge in [-0.15, -0.1) is 5.10 Å². The smallest absolute Gasteiger partial charge is 0.282 e. The highest BCUT2D eigenvalue weighted by molar-refractivity contribution is 7.89. The maximum Gasteiger partial charge on any atom is 0.351 e. The summed E-state index contributed by atoms with van der Waals surface area (Å²) in [6.45, 7) is 0.907. The van der Waals surface area contributed by atoms with Gasteiger partial charge in [0, 0.05) is 32.4 Å². The predicted molar refractivity (Wildman–Crippen MR) is 96.1 cm³/mol. The Hall–Kier alpha value is -2.63. The highest BCUT2D eigenvalue weighted by atomic mass is 32.2. The lowest BCUT2D eigenvalue weighted by molar-refractivity contribution is 0.143. The molecule has 0 radical (unpaired) electrons. The maximum absolute atomic E-state index is 13.9. The normalized spacial score (nSPS) is 16.6. The van der Waals surface area contributed by atoms with Crippen LogP contribution in [0.5, 0.6) is 0 Å². The van der Waals surface area contributed by atoms with Crippen LogP contribution in [0, 0.1) is 11.6 Å². The number of piperazine rings is 1. The van der Waals surface area contributed by atoms with Crippen molar-refractivity contribution in [1.29, 1.82) is 0 Å². The Kier molecular flexibility index (Phi) is 4.73. The molecule has 148 valence electrons. The summed E-state index contributed by atoms with van der Waals surface area (Å²) in [6, 6.07) is 8.17. The molecule has 1 aliphatic rings. The van der Waals surface area contributed by atoms with Crippen LogP contribution in [0.15, 0.2) is 52.3 Å². The van der Waals surface area contributed by atoms with Gasteiger partial charge in [-0.05, 0) is 24.3 Å². The van der Waals surface area contributed by atoms with Gasteiger partial charge < -0.3 is 0 Å². The average molecular weight is 409 g/mol. The second-order valence-electron chi connectivity index (χ2n) is 6.43. The molecular formula is C17H17F2N5O3S. The quantitative estimate of drug-likeness (QED) is 0.635. The molecule has 0 aliphatic carbocycles. The molecule has 2 aromatic heterocycles. The average Bonchev–Trinajstić information content (AvgIpc) is 2.98. The summed E-state index contributed by atoms with van der Waals surface area (Å²) < 4.78 is 56.8. The van der Waals surface area contributed by atoms with E-state index in [1.165, 1.54) is 9.08 Å². The van der Waals surface area contributed by atoms with Gasteiger partial charge in [-0.25, -0.2) is 22.0 Å². The molecule has 1 aliphatic heterocycles. The van der Waals surface area contributed by atoms with Crippen molar-refractivity contribution in [3.63, 3.8) is 0 Å². The van der Waals surface area contributed by atoms with E-state index in [0.29, 0.717) is 18.7 Å². The molecule has 0 bridgehead atoms. The first-order valence-electron chi connectivity index (χ1n) is 8.58. The third-order valence-corrected chi connectivity index (χ3v) is 6.62. The summed E-state index contributed by atoms with van der Waals surface area (Å²) in [4.78, 5) is 13.3. The summed E-state index contributed by atoms with van der Waals surface area (Å²) >= 11 is 0. The second kappa shape index (κ2) is 7.08. The van der Waals surface area contributed by atoms with Crippen molar-refractivity contribution in [3.05, 3.63) is 64.7 Å². The minimum Gasteiger partial charge on any atom is -0.282 e. The molecule has 3 heterocycles. The van der Waals surface area contributed by atoms with Gasteiger partial charge in [0.1, 0.15) is 11.6 Å². The number of fused-ring (bicyclic) bond motifs is 1. The van der Waals surface area contributed by atoms with Crippen LogP contribution < -0.4 is 5.69 Å². The predicted octanol–water partition coefficient (Wildman–Crippen LogP) is 0.738. The highest BCUT2D eigenvalue weighted by Crippen LogP contribution is 2.23. The van der Waals surface area contributed by atoms with E-state index in [0.717, 1.165) is 22.5 Å². The van der Waals surface area contributed by atoms with Gasteiger partial charge in [0.05, 0.1) is 6.67 Å². The van der Waals surface area contributed by atoms with Crippen molar-refractivity contribution >= 4 is 15.7 Å². The molecule has 4 rings (SSSR count).